The number of benzene rings is 1. The van der Waals surface area contributed by atoms with Crippen molar-refractivity contribution in [1.82, 2.24) is 20.1 Å². The maximum atomic E-state index is 12.6. The molecule has 0 aliphatic heterocycles. The van der Waals surface area contributed by atoms with E-state index in [-0.39, 0.29) is 11.9 Å². The largest absolute Gasteiger partial charge is 0.464 e. The Kier molecular flexibility index (Phi) is 4.56. The van der Waals surface area contributed by atoms with Gasteiger partial charge in [0.05, 0.1) is 12.3 Å². The van der Waals surface area contributed by atoms with Gasteiger partial charge in [0.2, 0.25) is 0 Å². The predicted molar refractivity (Wildman–Crippen MR) is 97.6 cm³/mol. The molecule has 1 saturated carbocycles. The molecule has 0 saturated heterocycles. The summed E-state index contributed by atoms with van der Waals surface area (Å²) in [6, 6.07) is 11.4. The molecule has 0 spiro atoms. The highest BCUT2D eigenvalue weighted by atomic mass is 16.3. The van der Waals surface area contributed by atoms with Crippen LogP contribution in [-0.4, -0.2) is 20.7 Å². The van der Waals surface area contributed by atoms with E-state index in [2.05, 4.69) is 20.1 Å². The summed E-state index contributed by atoms with van der Waals surface area (Å²) < 4.78 is 7.50. The van der Waals surface area contributed by atoms with Gasteiger partial charge in [-0.3, -0.25) is 4.79 Å². The lowest BCUT2D eigenvalue weighted by molar-refractivity contribution is 0.0937. The summed E-state index contributed by atoms with van der Waals surface area (Å²) in [5, 5.41) is 11.3. The Bertz CT molecular complexity index is 862. The Hall–Kier alpha value is -2.89. The Labute approximate surface area is 152 Å². The fourth-order valence-electron chi connectivity index (χ4n) is 3.60. The van der Waals surface area contributed by atoms with Gasteiger partial charge in [-0.25, -0.2) is 0 Å². The van der Waals surface area contributed by atoms with E-state index in [1.54, 1.807) is 12.6 Å². The standard InChI is InChI=1S/C20H22N4O2/c1-14(19-23-21-13-24(19)17-5-2-3-6-17)22-20(25)16-10-8-15(9-11-16)18-7-4-12-26-18/h4,7-14,17H,2-3,5-6H2,1H3,(H,22,25). The van der Waals surface area contributed by atoms with Gasteiger partial charge >= 0.3 is 0 Å². The number of hydrogen-bond acceptors (Lipinski definition) is 4. The minimum absolute atomic E-state index is 0.121. The van der Waals surface area contributed by atoms with Crippen molar-refractivity contribution in [3.63, 3.8) is 0 Å². The van der Waals surface area contributed by atoms with E-state index in [1.807, 2.05) is 43.3 Å². The molecule has 134 valence electrons. The number of nitrogens with one attached hydrogen (secondary N) is 1. The molecule has 6 nitrogen and oxygen atoms in total. The molecule has 1 unspecified atom stereocenters. The van der Waals surface area contributed by atoms with Gasteiger partial charge in [-0.2, -0.15) is 0 Å². The predicted octanol–water partition coefficient (Wildman–Crippen LogP) is 4.14. The number of carbonyl (C=O) groups is 1. The zero-order valence-electron chi connectivity index (χ0n) is 14.8. The fraction of sp³-hybridized carbons (Fsp3) is 0.350. The summed E-state index contributed by atoms with van der Waals surface area (Å²) in [6.07, 6.45) is 8.21. The van der Waals surface area contributed by atoms with Crippen LogP contribution in [0.25, 0.3) is 11.3 Å². The van der Waals surface area contributed by atoms with Crippen LogP contribution in [0.2, 0.25) is 0 Å². The third-order valence-electron chi connectivity index (χ3n) is 5.01. The van der Waals surface area contributed by atoms with Gasteiger partial charge in [-0.05, 0) is 44.0 Å². The smallest absolute Gasteiger partial charge is 0.251 e. The molecular formula is C20H22N4O2. The fourth-order valence-corrected chi connectivity index (χ4v) is 3.60. The third kappa shape index (κ3) is 3.27. The van der Waals surface area contributed by atoms with Crippen molar-refractivity contribution in [3.8, 4) is 11.3 Å². The molecular weight excluding hydrogens is 328 g/mol. The monoisotopic (exact) mass is 350 g/mol. The zero-order valence-corrected chi connectivity index (χ0v) is 14.8. The third-order valence-corrected chi connectivity index (χ3v) is 5.01. The van der Waals surface area contributed by atoms with Crippen LogP contribution in [0.15, 0.2) is 53.4 Å². The number of amides is 1. The van der Waals surface area contributed by atoms with E-state index in [0.29, 0.717) is 11.6 Å². The molecule has 1 aliphatic rings. The van der Waals surface area contributed by atoms with Crippen LogP contribution in [-0.2, 0) is 0 Å². The lowest BCUT2D eigenvalue weighted by atomic mass is 10.1. The Morgan fingerprint density at radius 3 is 2.69 bits per heavy atom. The molecule has 6 heteroatoms. The molecule has 26 heavy (non-hydrogen) atoms. The molecule has 4 rings (SSSR count). The first-order valence-electron chi connectivity index (χ1n) is 9.06. The van der Waals surface area contributed by atoms with E-state index >= 15 is 0 Å². The van der Waals surface area contributed by atoms with Gasteiger partial charge in [0.25, 0.3) is 5.91 Å². The van der Waals surface area contributed by atoms with Crippen LogP contribution >= 0.6 is 0 Å². The zero-order chi connectivity index (χ0) is 17.9. The molecule has 0 radical (unpaired) electrons. The number of carbonyl (C=O) groups excluding carboxylic acids is 1. The summed E-state index contributed by atoms with van der Waals surface area (Å²) in [7, 11) is 0. The number of aromatic nitrogens is 3. The number of nitrogens with zero attached hydrogens (tertiary/aromatic N) is 3. The Morgan fingerprint density at radius 1 is 1.23 bits per heavy atom. The summed E-state index contributed by atoms with van der Waals surface area (Å²) >= 11 is 0. The van der Waals surface area contributed by atoms with E-state index in [4.69, 9.17) is 4.42 Å². The number of hydrogen-bond donors (Lipinski definition) is 1. The molecule has 3 aromatic rings. The molecule has 2 heterocycles. The maximum Gasteiger partial charge on any atom is 0.251 e. The first-order chi connectivity index (χ1) is 12.7. The summed E-state index contributed by atoms with van der Waals surface area (Å²) in [4.78, 5) is 12.6. The minimum Gasteiger partial charge on any atom is -0.464 e. The highest BCUT2D eigenvalue weighted by Gasteiger charge is 2.23. The van der Waals surface area contributed by atoms with Crippen LogP contribution in [0.3, 0.4) is 0 Å². The number of rotatable bonds is 5. The van der Waals surface area contributed by atoms with Crippen LogP contribution in [0.5, 0.6) is 0 Å². The van der Waals surface area contributed by atoms with Crippen LogP contribution < -0.4 is 5.32 Å². The van der Waals surface area contributed by atoms with E-state index in [1.165, 1.54) is 12.8 Å². The quantitative estimate of drug-likeness (QED) is 0.750. The molecule has 1 N–H and O–H groups in total. The molecule has 1 aliphatic carbocycles. The van der Waals surface area contributed by atoms with Crippen molar-refractivity contribution in [3.05, 3.63) is 60.4 Å². The number of furan rings is 1. The highest BCUT2D eigenvalue weighted by Crippen LogP contribution is 2.31. The molecule has 1 fully saturated rings. The van der Waals surface area contributed by atoms with Crippen LogP contribution in [0.4, 0.5) is 0 Å². The van der Waals surface area contributed by atoms with E-state index in [9.17, 15) is 4.79 Å². The summed E-state index contributed by atoms with van der Waals surface area (Å²) in [6.45, 7) is 1.95. The second-order valence-electron chi connectivity index (χ2n) is 6.78. The SMILES string of the molecule is CC(NC(=O)c1ccc(-c2ccco2)cc1)c1nncn1C1CCCC1. The van der Waals surface area contributed by atoms with Crippen LogP contribution in [0, 0.1) is 0 Å². The molecule has 1 atom stereocenters. The molecule has 2 aromatic heterocycles. The van der Waals surface area contributed by atoms with Crippen molar-refractivity contribution >= 4 is 5.91 Å². The van der Waals surface area contributed by atoms with E-state index in [0.717, 1.165) is 30.0 Å². The van der Waals surface area contributed by atoms with Gasteiger partial charge < -0.3 is 14.3 Å². The average molecular weight is 350 g/mol. The first-order valence-corrected chi connectivity index (χ1v) is 9.06. The van der Waals surface area contributed by atoms with Gasteiger partial charge in [-0.15, -0.1) is 10.2 Å². The topological polar surface area (TPSA) is 73.0 Å². The van der Waals surface area contributed by atoms with Gasteiger partial charge in [0.1, 0.15) is 12.1 Å². The van der Waals surface area contributed by atoms with E-state index < -0.39 is 0 Å². The van der Waals surface area contributed by atoms with Crippen molar-refractivity contribution in [2.45, 2.75) is 44.7 Å². The Morgan fingerprint density at radius 2 is 2.00 bits per heavy atom. The van der Waals surface area contributed by atoms with Gasteiger partial charge in [0.15, 0.2) is 5.82 Å². The molecule has 0 bridgehead atoms. The second kappa shape index (κ2) is 7.15. The average Bonchev–Trinajstić information content (AvgIpc) is 3.43. The first kappa shape index (κ1) is 16.6. The molecule has 1 amide bonds. The lowest BCUT2D eigenvalue weighted by Crippen LogP contribution is -2.29. The van der Waals surface area contributed by atoms with Gasteiger partial charge in [-0.1, -0.05) is 25.0 Å². The Balaban J connectivity index is 1.45. The normalized spacial score (nSPS) is 15.9. The lowest BCUT2D eigenvalue weighted by Gasteiger charge is -2.18. The maximum absolute atomic E-state index is 12.6. The van der Waals surface area contributed by atoms with Gasteiger partial charge in [0, 0.05) is 17.2 Å². The summed E-state index contributed by atoms with van der Waals surface area (Å²) in [5.41, 5.74) is 1.56. The van der Waals surface area contributed by atoms with Crippen molar-refractivity contribution in [2.75, 3.05) is 0 Å². The van der Waals surface area contributed by atoms with Crippen molar-refractivity contribution in [2.24, 2.45) is 0 Å². The second-order valence-corrected chi connectivity index (χ2v) is 6.78. The summed E-state index contributed by atoms with van der Waals surface area (Å²) in [5.74, 6) is 1.48. The molecule has 1 aromatic carbocycles. The highest BCUT2D eigenvalue weighted by molar-refractivity contribution is 5.94. The van der Waals surface area contributed by atoms with Crippen molar-refractivity contribution in [1.29, 1.82) is 0 Å². The van der Waals surface area contributed by atoms with Crippen LogP contribution in [0.1, 0.15) is 60.9 Å². The van der Waals surface area contributed by atoms with Crippen molar-refractivity contribution < 1.29 is 9.21 Å². The minimum atomic E-state index is -0.199.